The molecule has 0 spiro atoms. The van der Waals surface area contributed by atoms with E-state index in [-0.39, 0.29) is 10.8 Å². The van der Waals surface area contributed by atoms with Gasteiger partial charge in [-0.1, -0.05) is 60.7 Å². The molecule has 0 atom stereocenters. The average Bonchev–Trinajstić information content (AvgIpc) is 3.27. The largest absolute Gasteiger partial charge is 0.453 e. The molecule has 62 heavy (non-hydrogen) atoms. The summed E-state index contributed by atoms with van der Waals surface area (Å²) in [5.41, 5.74) is 10.6. The third-order valence-corrected chi connectivity index (χ3v) is 17.6. The second-order valence-electron chi connectivity index (χ2n) is 21.4. The number of nitrogens with zero attached hydrogens (tertiary/aromatic N) is 2. The minimum absolute atomic E-state index is 0.185. The minimum Gasteiger partial charge on any atom is -0.453 e. The van der Waals surface area contributed by atoms with Crippen LogP contribution in [0.5, 0.6) is 23.0 Å². The lowest BCUT2D eigenvalue weighted by Crippen LogP contribution is -2.49. The lowest BCUT2D eigenvalue weighted by molar-refractivity contribution is -0.00493. The van der Waals surface area contributed by atoms with Crippen LogP contribution in [0, 0.1) is 35.5 Å². The number of hydrogen-bond acceptors (Lipinski definition) is 4. The lowest BCUT2D eigenvalue weighted by atomic mass is 9.46. The Morgan fingerprint density at radius 2 is 0.629 bits per heavy atom. The first-order valence-electron chi connectivity index (χ1n) is 23.9. The van der Waals surface area contributed by atoms with Crippen molar-refractivity contribution in [3.8, 4) is 23.0 Å². The number of anilines is 6. The van der Waals surface area contributed by atoms with E-state index in [0.29, 0.717) is 0 Å². The second-order valence-corrected chi connectivity index (χ2v) is 21.4. The molecule has 4 nitrogen and oxygen atoms in total. The first-order valence-corrected chi connectivity index (χ1v) is 23.9. The minimum atomic E-state index is 0.185. The summed E-state index contributed by atoms with van der Waals surface area (Å²) in [5.74, 6) is 8.72. The maximum atomic E-state index is 6.57. The van der Waals surface area contributed by atoms with Gasteiger partial charge in [0.1, 0.15) is 0 Å². The van der Waals surface area contributed by atoms with Crippen LogP contribution in [-0.2, 0) is 10.8 Å². The monoisotopic (exact) mass is 808 g/mol. The van der Waals surface area contributed by atoms with E-state index in [2.05, 4.69) is 143 Å². The number of ether oxygens (including phenoxy) is 2. The summed E-state index contributed by atoms with van der Waals surface area (Å²) in [4.78, 5) is 4.98. The molecular weight excluding hydrogens is 757 g/mol. The molecule has 10 aliphatic rings. The topological polar surface area (TPSA) is 24.9 Å². The molecule has 8 saturated carbocycles. The summed E-state index contributed by atoms with van der Waals surface area (Å²) in [6, 6.07) is 50.0. The molecule has 8 bridgehead atoms. The van der Waals surface area contributed by atoms with Crippen molar-refractivity contribution in [2.24, 2.45) is 35.5 Å². The van der Waals surface area contributed by atoms with Gasteiger partial charge in [0.05, 0.1) is 22.7 Å². The Morgan fingerprint density at radius 1 is 0.339 bits per heavy atom. The Kier molecular flexibility index (Phi) is 7.00. The van der Waals surface area contributed by atoms with Gasteiger partial charge in [0.25, 0.3) is 0 Å². The molecule has 7 aromatic carbocycles. The van der Waals surface area contributed by atoms with Crippen molar-refractivity contribution in [2.75, 3.05) is 9.80 Å². The van der Waals surface area contributed by atoms with E-state index in [1.165, 1.54) is 110 Å². The Hall–Kier alpha value is -5.74. The van der Waals surface area contributed by atoms with Crippen molar-refractivity contribution in [1.82, 2.24) is 0 Å². The molecule has 306 valence electrons. The summed E-state index contributed by atoms with van der Waals surface area (Å²) in [6.45, 7) is 0. The molecule has 2 heterocycles. The van der Waals surface area contributed by atoms with Crippen molar-refractivity contribution < 1.29 is 9.47 Å². The number of rotatable bonds is 4. The van der Waals surface area contributed by atoms with E-state index < -0.39 is 0 Å². The van der Waals surface area contributed by atoms with Gasteiger partial charge < -0.3 is 19.3 Å². The normalized spacial score (nSPS) is 30.5. The fraction of sp³-hybridized carbons (Fsp3) is 0.345. The standard InChI is InChI=1S/C58H52N2O2/c1-5-13-51-47(9-1)59(48-10-2-6-14-52(48)61-51)41-17-19-43-45(27-41)55(57-29-35-21-36(30-57)23-37(22-35)31-57)44-20-18-42(60-49-11-3-7-15-53(49)62-54-16-8-4-12-50(54)60)28-46(44)56(43)58-32-38-24-39(33-58)26-40(25-38)34-58/h1-20,27-28,35-40H,21-26,29-34H2. The molecule has 8 fully saturated rings. The Morgan fingerprint density at radius 3 is 0.935 bits per heavy atom. The molecule has 0 aromatic heterocycles. The van der Waals surface area contributed by atoms with E-state index in [1.807, 2.05) is 0 Å². The van der Waals surface area contributed by atoms with E-state index in [1.54, 1.807) is 11.1 Å². The molecule has 2 aliphatic heterocycles. The molecular formula is C58H52N2O2. The molecule has 0 radical (unpaired) electrons. The summed E-state index contributed by atoms with van der Waals surface area (Å²) >= 11 is 0. The molecule has 0 saturated heterocycles. The maximum Gasteiger partial charge on any atom is 0.151 e. The predicted octanol–water partition coefficient (Wildman–Crippen LogP) is 16.1. The Balaban J connectivity index is 1.04. The van der Waals surface area contributed by atoms with Crippen LogP contribution in [-0.4, -0.2) is 0 Å². The van der Waals surface area contributed by atoms with E-state index in [9.17, 15) is 0 Å². The van der Waals surface area contributed by atoms with Gasteiger partial charge in [-0.05, 0) is 229 Å². The van der Waals surface area contributed by atoms with Gasteiger partial charge in [-0.15, -0.1) is 0 Å². The van der Waals surface area contributed by atoms with E-state index in [0.717, 1.165) is 81.3 Å². The van der Waals surface area contributed by atoms with Gasteiger partial charge in [-0.3, -0.25) is 0 Å². The highest BCUT2D eigenvalue weighted by atomic mass is 16.5. The van der Waals surface area contributed by atoms with Crippen LogP contribution in [0.4, 0.5) is 34.1 Å². The zero-order chi connectivity index (χ0) is 40.3. The van der Waals surface area contributed by atoms with E-state index >= 15 is 0 Å². The lowest BCUT2D eigenvalue weighted by Gasteiger charge is -2.59. The van der Waals surface area contributed by atoms with Crippen molar-refractivity contribution >= 4 is 55.7 Å². The predicted molar refractivity (Wildman–Crippen MR) is 251 cm³/mol. The zero-order valence-corrected chi connectivity index (χ0v) is 35.4. The van der Waals surface area contributed by atoms with Gasteiger partial charge in [0, 0.05) is 11.4 Å². The smallest absolute Gasteiger partial charge is 0.151 e. The van der Waals surface area contributed by atoms with Crippen molar-refractivity contribution in [3.63, 3.8) is 0 Å². The summed E-state index contributed by atoms with van der Waals surface area (Å²) < 4.78 is 13.1. The molecule has 8 aliphatic carbocycles. The molecule has 0 amide bonds. The van der Waals surface area contributed by atoms with Crippen LogP contribution in [0.2, 0.25) is 0 Å². The summed E-state index contributed by atoms with van der Waals surface area (Å²) in [5, 5.41) is 6.12. The number of para-hydroxylation sites is 8. The van der Waals surface area contributed by atoms with Gasteiger partial charge in [-0.2, -0.15) is 0 Å². The van der Waals surface area contributed by atoms with Gasteiger partial charge in [0.2, 0.25) is 0 Å². The summed E-state index contributed by atoms with van der Waals surface area (Å²) in [6.07, 6.45) is 16.6. The molecule has 0 unspecified atom stereocenters. The Bertz CT molecular complexity index is 2670. The van der Waals surface area contributed by atoms with Crippen molar-refractivity contribution in [3.05, 3.63) is 145 Å². The van der Waals surface area contributed by atoms with Gasteiger partial charge in [-0.25, -0.2) is 0 Å². The van der Waals surface area contributed by atoms with Crippen molar-refractivity contribution in [2.45, 2.75) is 87.9 Å². The maximum absolute atomic E-state index is 6.57. The van der Waals surface area contributed by atoms with Crippen LogP contribution in [0.15, 0.2) is 133 Å². The van der Waals surface area contributed by atoms with Crippen LogP contribution >= 0.6 is 0 Å². The number of fused-ring (bicyclic) bond motifs is 6. The van der Waals surface area contributed by atoms with Gasteiger partial charge >= 0.3 is 0 Å². The first-order chi connectivity index (χ1) is 30.5. The first kappa shape index (κ1) is 34.8. The van der Waals surface area contributed by atoms with E-state index in [4.69, 9.17) is 9.47 Å². The van der Waals surface area contributed by atoms with Gasteiger partial charge in [0.15, 0.2) is 23.0 Å². The SMILES string of the molecule is c1ccc2c(c1)Oc1ccccc1N2c1ccc2c(C34CC5CC(CC(C5)C3)C4)c3cc(N4c5ccccc5Oc5ccccc54)ccc3c(C34CC5CC(CC(C5)C3)C4)c2c1. The molecule has 17 rings (SSSR count). The fourth-order valence-corrected chi connectivity index (χ4v) is 16.4. The van der Waals surface area contributed by atoms with Crippen LogP contribution in [0.25, 0.3) is 21.5 Å². The summed E-state index contributed by atoms with van der Waals surface area (Å²) in [7, 11) is 0. The number of benzene rings is 7. The second kappa shape index (κ2) is 12.5. The Labute approximate surface area is 364 Å². The zero-order valence-electron chi connectivity index (χ0n) is 35.4. The third-order valence-electron chi connectivity index (χ3n) is 17.6. The highest BCUT2D eigenvalue weighted by molar-refractivity contribution is 6.10. The molecule has 0 N–H and O–H groups in total. The highest BCUT2D eigenvalue weighted by Crippen LogP contribution is 2.67. The fourth-order valence-electron chi connectivity index (χ4n) is 16.4. The van der Waals surface area contributed by atoms with Crippen molar-refractivity contribution in [1.29, 1.82) is 0 Å². The average molecular weight is 809 g/mol. The number of hydrogen-bond donors (Lipinski definition) is 0. The quantitative estimate of drug-likeness (QED) is 0.165. The third kappa shape index (κ3) is 4.84. The molecule has 7 aromatic rings. The van der Waals surface area contributed by atoms with Crippen LogP contribution in [0.1, 0.15) is 88.2 Å². The van der Waals surface area contributed by atoms with Crippen LogP contribution in [0.3, 0.4) is 0 Å². The molecule has 4 heteroatoms. The highest BCUT2D eigenvalue weighted by Gasteiger charge is 2.55. The van der Waals surface area contributed by atoms with Crippen LogP contribution < -0.4 is 19.3 Å².